The van der Waals surface area contributed by atoms with Gasteiger partial charge in [-0.25, -0.2) is 9.97 Å². The Balaban J connectivity index is 2.30. The maximum Gasteiger partial charge on any atom is 0.316 e. The summed E-state index contributed by atoms with van der Waals surface area (Å²) in [6.45, 7) is 3.79. The zero-order valence-electron chi connectivity index (χ0n) is 11.6. The molecule has 7 heteroatoms. The van der Waals surface area contributed by atoms with E-state index in [9.17, 15) is 10.1 Å². The number of thioether (sulfide) groups is 1. The van der Waals surface area contributed by atoms with Crippen molar-refractivity contribution >= 4 is 17.7 Å². The summed E-state index contributed by atoms with van der Waals surface area (Å²) in [4.78, 5) is 20.0. The third kappa shape index (κ3) is 3.61. The number of rotatable bonds is 5. The molecule has 0 unspecified atom stereocenters. The predicted octanol–water partition coefficient (Wildman–Crippen LogP) is 2.57. The number of aryl methyl sites for hydroxylation is 1. The Hall–Kier alpha value is -2.33. The molecule has 21 heavy (non-hydrogen) atoms. The average molecular weight is 303 g/mol. The van der Waals surface area contributed by atoms with E-state index in [4.69, 9.17) is 9.15 Å². The van der Waals surface area contributed by atoms with Crippen LogP contribution in [0, 0.1) is 18.3 Å². The predicted molar refractivity (Wildman–Crippen MR) is 76.5 cm³/mol. The van der Waals surface area contributed by atoms with Crippen molar-refractivity contribution in [1.82, 2.24) is 9.97 Å². The maximum absolute atomic E-state index is 11.4. The highest BCUT2D eigenvalue weighted by atomic mass is 32.2. The Labute approximate surface area is 126 Å². The molecule has 0 aliphatic carbocycles. The summed E-state index contributed by atoms with van der Waals surface area (Å²) in [6, 6.07) is 5.53. The Bertz CT molecular complexity index is 678. The highest BCUT2D eigenvalue weighted by Crippen LogP contribution is 2.26. The van der Waals surface area contributed by atoms with Crippen LogP contribution in [0.2, 0.25) is 0 Å². The molecule has 0 amide bonds. The lowest BCUT2D eigenvalue weighted by molar-refractivity contribution is -0.139. The van der Waals surface area contributed by atoms with E-state index in [0.29, 0.717) is 34.5 Å². The molecule has 6 nitrogen and oxygen atoms in total. The summed E-state index contributed by atoms with van der Waals surface area (Å²) in [7, 11) is 0. The summed E-state index contributed by atoms with van der Waals surface area (Å²) in [6.07, 6.45) is 1.53. The number of carbonyl (C=O) groups is 1. The van der Waals surface area contributed by atoms with Crippen LogP contribution < -0.4 is 0 Å². The van der Waals surface area contributed by atoms with Gasteiger partial charge in [-0.2, -0.15) is 5.26 Å². The van der Waals surface area contributed by atoms with E-state index in [1.54, 1.807) is 26.0 Å². The van der Waals surface area contributed by atoms with Crippen LogP contribution in [0.5, 0.6) is 0 Å². The Morgan fingerprint density at radius 1 is 1.52 bits per heavy atom. The number of hydrogen-bond acceptors (Lipinski definition) is 7. The van der Waals surface area contributed by atoms with Gasteiger partial charge in [-0.1, -0.05) is 11.8 Å². The second kappa shape index (κ2) is 6.90. The van der Waals surface area contributed by atoms with Crippen LogP contribution in [-0.2, 0) is 9.53 Å². The number of hydrogen-bond donors (Lipinski definition) is 0. The standard InChI is InChI=1S/C14H13N3O3S/c1-3-19-12(18)8-21-14-10(7-15)9(2)16-13(17-14)11-5-4-6-20-11/h4-6H,3,8H2,1-2H3. The van der Waals surface area contributed by atoms with Crippen LogP contribution in [-0.4, -0.2) is 28.3 Å². The normalized spacial score (nSPS) is 10.1. The van der Waals surface area contributed by atoms with E-state index >= 15 is 0 Å². The van der Waals surface area contributed by atoms with Gasteiger partial charge in [0.15, 0.2) is 11.6 Å². The summed E-state index contributed by atoms with van der Waals surface area (Å²) in [5.74, 6) is 0.655. The SMILES string of the molecule is CCOC(=O)CSc1nc(-c2ccco2)nc(C)c1C#N. The van der Waals surface area contributed by atoms with Gasteiger partial charge in [0, 0.05) is 0 Å². The number of nitrogens with zero attached hydrogens (tertiary/aromatic N) is 3. The zero-order valence-corrected chi connectivity index (χ0v) is 12.4. The van der Waals surface area contributed by atoms with Gasteiger partial charge in [0.1, 0.15) is 16.7 Å². The maximum atomic E-state index is 11.4. The van der Waals surface area contributed by atoms with Gasteiger partial charge in [0.05, 0.1) is 24.3 Å². The molecule has 0 spiro atoms. The minimum absolute atomic E-state index is 0.0938. The summed E-state index contributed by atoms with van der Waals surface area (Å²) >= 11 is 1.16. The van der Waals surface area contributed by atoms with Crippen LogP contribution in [0.3, 0.4) is 0 Å². The molecule has 0 aliphatic heterocycles. The van der Waals surface area contributed by atoms with Crippen molar-refractivity contribution in [2.75, 3.05) is 12.4 Å². The fourth-order valence-corrected chi connectivity index (χ4v) is 2.45. The van der Waals surface area contributed by atoms with Crippen molar-refractivity contribution in [3.63, 3.8) is 0 Å². The van der Waals surface area contributed by atoms with Gasteiger partial charge >= 0.3 is 5.97 Å². The van der Waals surface area contributed by atoms with Crippen molar-refractivity contribution in [2.24, 2.45) is 0 Å². The number of carbonyl (C=O) groups excluding carboxylic acids is 1. The molecule has 0 bridgehead atoms. The first-order valence-electron chi connectivity index (χ1n) is 6.26. The minimum Gasteiger partial charge on any atom is -0.465 e. The number of nitriles is 1. The average Bonchev–Trinajstić information content (AvgIpc) is 2.99. The molecule has 0 saturated heterocycles. The topological polar surface area (TPSA) is 89.0 Å². The number of ether oxygens (including phenoxy) is 1. The van der Waals surface area contributed by atoms with E-state index in [0.717, 1.165) is 11.8 Å². The highest BCUT2D eigenvalue weighted by molar-refractivity contribution is 7.99. The Morgan fingerprint density at radius 2 is 2.33 bits per heavy atom. The minimum atomic E-state index is -0.345. The van der Waals surface area contributed by atoms with Crippen LogP contribution in [0.1, 0.15) is 18.2 Å². The van der Waals surface area contributed by atoms with E-state index in [1.807, 2.05) is 0 Å². The highest BCUT2D eigenvalue weighted by Gasteiger charge is 2.16. The Kier molecular flexibility index (Phi) is 4.95. The first kappa shape index (κ1) is 15.1. The molecule has 0 N–H and O–H groups in total. The Morgan fingerprint density at radius 3 is 2.95 bits per heavy atom. The van der Waals surface area contributed by atoms with Gasteiger partial charge < -0.3 is 9.15 Å². The van der Waals surface area contributed by atoms with Gasteiger partial charge in [0.2, 0.25) is 0 Å². The first-order valence-corrected chi connectivity index (χ1v) is 7.25. The number of furan rings is 1. The lowest BCUT2D eigenvalue weighted by Crippen LogP contribution is -2.08. The molecule has 2 aromatic rings. The second-order valence-electron chi connectivity index (χ2n) is 4.00. The zero-order chi connectivity index (χ0) is 15.2. The van der Waals surface area contributed by atoms with Crippen molar-refractivity contribution in [3.8, 4) is 17.7 Å². The smallest absolute Gasteiger partial charge is 0.316 e. The van der Waals surface area contributed by atoms with E-state index < -0.39 is 0 Å². The van der Waals surface area contributed by atoms with Crippen LogP contribution in [0.15, 0.2) is 27.8 Å². The van der Waals surface area contributed by atoms with Crippen LogP contribution in [0.25, 0.3) is 11.6 Å². The first-order chi connectivity index (χ1) is 10.2. The van der Waals surface area contributed by atoms with Crippen LogP contribution >= 0.6 is 11.8 Å². The number of esters is 1. The molecule has 0 aromatic carbocycles. The molecule has 2 heterocycles. The molecule has 108 valence electrons. The van der Waals surface area contributed by atoms with Gasteiger partial charge in [-0.05, 0) is 26.0 Å². The van der Waals surface area contributed by atoms with Gasteiger partial charge in [0.25, 0.3) is 0 Å². The molecule has 0 fully saturated rings. The lowest BCUT2D eigenvalue weighted by Gasteiger charge is -2.07. The fourth-order valence-electron chi connectivity index (χ4n) is 1.63. The summed E-state index contributed by atoms with van der Waals surface area (Å²) in [5.41, 5.74) is 0.907. The third-order valence-electron chi connectivity index (χ3n) is 2.54. The number of aromatic nitrogens is 2. The fraction of sp³-hybridized carbons (Fsp3) is 0.286. The molecule has 2 aromatic heterocycles. The van der Waals surface area contributed by atoms with Gasteiger partial charge in [-0.3, -0.25) is 4.79 Å². The quantitative estimate of drug-likeness (QED) is 0.476. The summed E-state index contributed by atoms with van der Waals surface area (Å²) < 4.78 is 10.1. The molecular formula is C14H13N3O3S. The second-order valence-corrected chi connectivity index (χ2v) is 4.96. The van der Waals surface area contributed by atoms with E-state index in [2.05, 4.69) is 16.0 Å². The lowest BCUT2D eigenvalue weighted by atomic mass is 10.2. The molecular weight excluding hydrogens is 290 g/mol. The van der Waals surface area contributed by atoms with Crippen molar-refractivity contribution in [1.29, 1.82) is 5.26 Å². The molecule has 0 saturated carbocycles. The molecule has 0 radical (unpaired) electrons. The van der Waals surface area contributed by atoms with Crippen molar-refractivity contribution < 1.29 is 13.9 Å². The molecule has 0 aliphatic rings. The third-order valence-corrected chi connectivity index (χ3v) is 3.49. The monoisotopic (exact) mass is 303 g/mol. The largest absolute Gasteiger partial charge is 0.465 e. The van der Waals surface area contributed by atoms with E-state index in [-0.39, 0.29) is 11.7 Å². The van der Waals surface area contributed by atoms with Gasteiger partial charge in [-0.15, -0.1) is 0 Å². The van der Waals surface area contributed by atoms with E-state index in [1.165, 1.54) is 6.26 Å². The van der Waals surface area contributed by atoms with Crippen molar-refractivity contribution in [2.45, 2.75) is 18.9 Å². The van der Waals surface area contributed by atoms with Crippen LogP contribution in [0.4, 0.5) is 0 Å². The molecule has 2 rings (SSSR count). The van der Waals surface area contributed by atoms with Crippen molar-refractivity contribution in [3.05, 3.63) is 29.7 Å². The summed E-state index contributed by atoms with van der Waals surface area (Å²) in [5, 5.41) is 9.65. The molecule has 0 atom stereocenters.